The zero-order chi connectivity index (χ0) is 13.2. The fraction of sp³-hybridized carbons (Fsp3) is 0.400. The van der Waals surface area contributed by atoms with Gasteiger partial charge in [0.15, 0.2) is 0 Å². The third-order valence-corrected chi connectivity index (χ3v) is 4.29. The minimum absolute atomic E-state index is 0.304. The number of alkyl halides is 1. The highest BCUT2D eigenvalue weighted by molar-refractivity contribution is 9.09. The lowest BCUT2D eigenvalue weighted by Gasteiger charge is -2.19. The van der Waals surface area contributed by atoms with Crippen molar-refractivity contribution < 1.29 is 5.11 Å². The molecule has 1 aromatic heterocycles. The number of hydrogen-bond acceptors (Lipinski definition) is 3. The third kappa shape index (κ3) is 2.54. The van der Waals surface area contributed by atoms with Crippen molar-refractivity contribution in [1.82, 2.24) is 4.98 Å². The van der Waals surface area contributed by atoms with Gasteiger partial charge in [-0.25, -0.2) is 4.98 Å². The Balaban J connectivity index is 1.95. The molecule has 1 N–H and O–H groups in total. The van der Waals surface area contributed by atoms with Crippen molar-refractivity contribution in [3.63, 3.8) is 0 Å². The van der Waals surface area contributed by atoms with Crippen LogP contribution in [-0.2, 0) is 0 Å². The summed E-state index contributed by atoms with van der Waals surface area (Å²) in [5.74, 6) is 2.05. The van der Waals surface area contributed by atoms with Gasteiger partial charge < -0.3 is 10.0 Å². The maximum absolute atomic E-state index is 9.68. The largest absolute Gasteiger partial charge is 0.508 e. The van der Waals surface area contributed by atoms with Crippen molar-refractivity contribution in [2.75, 3.05) is 23.3 Å². The molecule has 2 aromatic rings. The number of rotatable bonds is 3. The third-order valence-electron chi connectivity index (χ3n) is 3.83. The molecule has 100 valence electrons. The first-order chi connectivity index (χ1) is 9.28. The number of nitrogens with zero attached hydrogens (tertiary/aromatic N) is 2. The Morgan fingerprint density at radius 2 is 2.26 bits per heavy atom. The van der Waals surface area contributed by atoms with Crippen LogP contribution in [0, 0.1) is 5.92 Å². The number of aromatic nitrogens is 1. The predicted molar refractivity (Wildman–Crippen MR) is 82.1 cm³/mol. The van der Waals surface area contributed by atoms with Gasteiger partial charge in [-0.1, -0.05) is 22.0 Å². The zero-order valence-corrected chi connectivity index (χ0v) is 12.3. The molecule has 1 aliphatic heterocycles. The molecule has 19 heavy (non-hydrogen) atoms. The molecule has 0 amide bonds. The van der Waals surface area contributed by atoms with E-state index >= 15 is 0 Å². The maximum atomic E-state index is 9.68. The number of phenolic OH excluding ortho intramolecular Hbond substituents is 1. The molecule has 0 spiro atoms. The van der Waals surface area contributed by atoms with E-state index in [9.17, 15) is 5.11 Å². The highest BCUT2D eigenvalue weighted by Crippen LogP contribution is 2.31. The Labute approximate surface area is 121 Å². The van der Waals surface area contributed by atoms with Crippen LogP contribution in [-0.4, -0.2) is 28.5 Å². The quantitative estimate of drug-likeness (QED) is 0.878. The van der Waals surface area contributed by atoms with Crippen LogP contribution in [0.15, 0.2) is 30.5 Å². The molecule has 0 saturated carbocycles. The van der Waals surface area contributed by atoms with Gasteiger partial charge in [0.1, 0.15) is 11.6 Å². The maximum Gasteiger partial charge on any atom is 0.136 e. The molecule has 0 aliphatic carbocycles. The molecule has 3 rings (SSSR count). The van der Waals surface area contributed by atoms with Crippen LogP contribution < -0.4 is 4.90 Å². The molecule has 1 atom stereocenters. The average Bonchev–Trinajstić information content (AvgIpc) is 2.87. The Morgan fingerprint density at radius 1 is 1.37 bits per heavy atom. The van der Waals surface area contributed by atoms with Crippen molar-refractivity contribution in [1.29, 1.82) is 0 Å². The smallest absolute Gasteiger partial charge is 0.136 e. The van der Waals surface area contributed by atoms with Crippen LogP contribution in [0.1, 0.15) is 12.8 Å². The topological polar surface area (TPSA) is 36.4 Å². The van der Waals surface area contributed by atoms with Crippen molar-refractivity contribution in [3.05, 3.63) is 30.5 Å². The van der Waals surface area contributed by atoms with E-state index in [0.29, 0.717) is 5.75 Å². The number of hydrogen-bond donors (Lipinski definition) is 1. The fourth-order valence-electron chi connectivity index (χ4n) is 2.81. The second-order valence-corrected chi connectivity index (χ2v) is 5.91. The van der Waals surface area contributed by atoms with E-state index in [4.69, 9.17) is 0 Å². The first-order valence-electron chi connectivity index (χ1n) is 6.66. The number of benzene rings is 1. The van der Waals surface area contributed by atoms with Crippen molar-refractivity contribution in [2.45, 2.75) is 12.8 Å². The summed E-state index contributed by atoms with van der Waals surface area (Å²) in [4.78, 5) is 6.87. The van der Waals surface area contributed by atoms with Crippen LogP contribution in [0.25, 0.3) is 10.8 Å². The predicted octanol–water partition coefficient (Wildman–Crippen LogP) is 3.55. The lowest BCUT2D eigenvalue weighted by Crippen LogP contribution is -2.21. The number of aromatic hydroxyl groups is 1. The van der Waals surface area contributed by atoms with Crippen molar-refractivity contribution in [2.24, 2.45) is 5.92 Å². The van der Waals surface area contributed by atoms with Gasteiger partial charge in [0.2, 0.25) is 0 Å². The highest BCUT2D eigenvalue weighted by atomic mass is 79.9. The summed E-state index contributed by atoms with van der Waals surface area (Å²) in [5.41, 5.74) is 0. The second kappa shape index (κ2) is 5.37. The minimum Gasteiger partial charge on any atom is -0.508 e. The summed E-state index contributed by atoms with van der Waals surface area (Å²) in [5, 5.41) is 12.9. The number of pyridine rings is 1. The van der Waals surface area contributed by atoms with E-state index in [0.717, 1.165) is 40.9 Å². The van der Waals surface area contributed by atoms with E-state index in [2.05, 4.69) is 25.8 Å². The number of fused-ring (bicyclic) bond motifs is 1. The van der Waals surface area contributed by atoms with Gasteiger partial charge in [-0.05, 0) is 42.3 Å². The van der Waals surface area contributed by atoms with Gasteiger partial charge >= 0.3 is 0 Å². The van der Waals surface area contributed by atoms with E-state index in [1.54, 1.807) is 6.07 Å². The fourth-order valence-corrected chi connectivity index (χ4v) is 3.46. The molecule has 0 radical (unpaired) electrons. The molecule has 3 nitrogen and oxygen atoms in total. The average molecular weight is 321 g/mol. The molecule has 1 unspecified atom stereocenters. The lowest BCUT2D eigenvalue weighted by atomic mass is 10.1. The number of anilines is 1. The Morgan fingerprint density at radius 3 is 3.11 bits per heavy atom. The van der Waals surface area contributed by atoms with Crippen LogP contribution in [0.4, 0.5) is 5.82 Å². The Hall–Kier alpha value is -1.29. The summed E-state index contributed by atoms with van der Waals surface area (Å²) in [6, 6.07) is 7.48. The molecule has 1 saturated heterocycles. The van der Waals surface area contributed by atoms with Crippen molar-refractivity contribution in [3.8, 4) is 5.75 Å². The molecular formula is C15H17BrN2O. The van der Waals surface area contributed by atoms with Crippen molar-refractivity contribution >= 4 is 32.5 Å². The van der Waals surface area contributed by atoms with Gasteiger partial charge in [0, 0.05) is 30.0 Å². The van der Waals surface area contributed by atoms with Gasteiger partial charge in [-0.15, -0.1) is 0 Å². The van der Waals surface area contributed by atoms with Gasteiger partial charge in [0.25, 0.3) is 0 Å². The summed E-state index contributed by atoms with van der Waals surface area (Å²) in [6.45, 7) is 2.12. The lowest BCUT2D eigenvalue weighted by molar-refractivity contribution is 0.476. The van der Waals surface area contributed by atoms with E-state index in [1.165, 1.54) is 12.8 Å². The minimum atomic E-state index is 0.304. The summed E-state index contributed by atoms with van der Waals surface area (Å²) >= 11 is 3.52. The molecule has 4 heteroatoms. The highest BCUT2D eigenvalue weighted by Gasteiger charge is 2.24. The second-order valence-electron chi connectivity index (χ2n) is 5.12. The van der Waals surface area contributed by atoms with Gasteiger partial charge in [-0.2, -0.15) is 0 Å². The summed E-state index contributed by atoms with van der Waals surface area (Å²) < 4.78 is 0. The first kappa shape index (κ1) is 12.7. The van der Waals surface area contributed by atoms with E-state index in [1.807, 2.05) is 24.4 Å². The van der Waals surface area contributed by atoms with Crippen LogP contribution in [0.5, 0.6) is 5.75 Å². The van der Waals surface area contributed by atoms with Crippen LogP contribution in [0.3, 0.4) is 0 Å². The first-order valence-corrected chi connectivity index (χ1v) is 7.78. The molecular weight excluding hydrogens is 304 g/mol. The Bertz CT molecular complexity index is 587. The molecule has 1 aromatic carbocycles. The van der Waals surface area contributed by atoms with Crippen LogP contribution in [0.2, 0.25) is 0 Å². The van der Waals surface area contributed by atoms with Gasteiger partial charge in [0.05, 0.1) is 0 Å². The summed E-state index contributed by atoms with van der Waals surface area (Å²) in [6.07, 6.45) is 4.29. The summed E-state index contributed by atoms with van der Waals surface area (Å²) in [7, 11) is 0. The molecule has 0 bridgehead atoms. The van der Waals surface area contributed by atoms with Crippen LogP contribution >= 0.6 is 15.9 Å². The zero-order valence-electron chi connectivity index (χ0n) is 10.7. The van der Waals surface area contributed by atoms with E-state index in [-0.39, 0.29) is 0 Å². The monoisotopic (exact) mass is 320 g/mol. The molecule has 1 fully saturated rings. The SMILES string of the molecule is Oc1ccc2ccnc(N3CCC(CCBr)C3)c2c1. The molecule has 2 heterocycles. The number of halogens is 1. The number of phenols is 1. The Kier molecular flexibility index (Phi) is 3.60. The molecule has 1 aliphatic rings. The standard InChI is InChI=1S/C15H17BrN2O/c16-6-3-11-5-8-18(10-11)15-14-9-13(19)2-1-12(14)4-7-17-15/h1-2,4,7,9,11,19H,3,5-6,8,10H2. The normalized spacial score (nSPS) is 19.2. The van der Waals surface area contributed by atoms with Gasteiger partial charge in [-0.3, -0.25) is 0 Å². The van der Waals surface area contributed by atoms with E-state index < -0.39 is 0 Å².